The van der Waals surface area contributed by atoms with Crippen LogP contribution >= 0.6 is 0 Å². The summed E-state index contributed by atoms with van der Waals surface area (Å²) in [6, 6.07) is 7.23. The summed E-state index contributed by atoms with van der Waals surface area (Å²) in [6.07, 6.45) is 0.662. The highest BCUT2D eigenvalue weighted by atomic mass is 16.7. The first-order valence-corrected chi connectivity index (χ1v) is 8.99. The molecule has 1 unspecified atom stereocenters. The van der Waals surface area contributed by atoms with Crippen molar-refractivity contribution in [3.8, 4) is 23.0 Å². The van der Waals surface area contributed by atoms with Crippen LogP contribution < -0.4 is 18.9 Å². The topological polar surface area (TPSA) is 75.6 Å². The summed E-state index contributed by atoms with van der Waals surface area (Å²) in [5.41, 5.74) is 2.01. The van der Waals surface area contributed by atoms with E-state index >= 15 is 0 Å². The summed E-state index contributed by atoms with van der Waals surface area (Å²) in [5.74, 6) is 2.13. The zero-order valence-electron chi connectivity index (χ0n) is 15.8. The molecule has 0 fully saturated rings. The molecule has 2 aromatic rings. The van der Waals surface area contributed by atoms with E-state index in [0.29, 0.717) is 52.8 Å². The van der Waals surface area contributed by atoms with Crippen LogP contribution in [0.25, 0.3) is 0 Å². The fourth-order valence-electron chi connectivity index (χ4n) is 4.37. The minimum atomic E-state index is -1.35. The Hall–Kier alpha value is -3.06. The molecule has 0 saturated carbocycles. The normalized spacial score (nSPS) is 21.4. The van der Waals surface area contributed by atoms with Gasteiger partial charge in [0, 0.05) is 24.8 Å². The molecule has 144 valence electrons. The Labute approximate surface area is 161 Å². The van der Waals surface area contributed by atoms with Crippen molar-refractivity contribution >= 4 is 11.5 Å². The lowest BCUT2D eigenvalue weighted by Crippen LogP contribution is -2.41. The lowest BCUT2D eigenvalue weighted by Gasteiger charge is -2.28. The van der Waals surface area contributed by atoms with Gasteiger partial charge in [-0.1, -0.05) is 0 Å². The molecule has 2 heterocycles. The van der Waals surface area contributed by atoms with Crippen molar-refractivity contribution in [2.45, 2.75) is 12.0 Å². The second-order valence-electron chi connectivity index (χ2n) is 6.78. The Morgan fingerprint density at radius 1 is 1.07 bits per heavy atom. The van der Waals surface area contributed by atoms with Crippen LogP contribution in [0.2, 0.25) is 0 Å². The highest BCUT2D eigenvalue weighted by Gasteiger charge is 2.56. The summed E-state index contributed by atoms with van der Waals surface area (Å²) >= 11 is 0. The van der Waals surface area contributed by atoms with E-state index in [4.69, 9.17) is 28.7 Å². The van der Waals surface area contributed by atoms with Crippen LogP contribution in [-0.4, -0.2) is 46.2 Å². The molecule has 7 heteroatoms. The zero-order valence-corrected chi connectivity index (χ0v) is 15.8. The average molecular weight is 381 g/mol. The van der Waals surface area contributed by atoms with Crippen LogP contribution in [0.3, 0.4) is 0 Å². The third-order valence-corrected chi connectivity index (χ3v) is 5.62. The monoisotopic (exact) mass is 381 g/mol. The van der Waals surface area contributed by atoms with Crippen molar-refractivity contribution in [3.05, 3.63) is 46.5 Å². The second kappa shape index (κ2) is 5.97. The molecule has 2 aromatic carbocycles. The summed E-state index contributed by atoms with van der Waals surface area (Å²) in [7, 11) is 4.65. The lowest BCUT2D eigenvalue weighted by molar-refractivity contribution is 0.0388. The van der Waals surface area contributed by atoms with Gasteiger partial charge >= 0.3 is 0 Å². The number of ketones is 1. The predicted octanol–water partition coefficient (Wildman–Crippen LogP) is 2.52. The minimum Gasteiger partial charge on any atom is -0.493 e. The zero-order chi connectivity index (χ0) is 19.5. The number of methoxy groups -OCH3 is 3. The maximum absolute atomic E-state index is 13.7. The molecule has 0 N–H and O–H groups in total. The molecule has 1 aliphatic carbocycles. The molecule has 1 atom stereocenters. The van der Waals surface area contributed by atoms with Gasteiger partial charge in [0.05, 0.1) is 25.5 Å². The number of carbonyl (C=O) groups is 1. The largest absolute Gasteiger partial charge is 0.493 e. The van der Waals surface area contributed by atoms with E-state index in [1.807, 2.05) is 12.1 Å². The first-order valence-electron chi connectivity index (χ1n) is 8.99. The second-order valence-corrected chi connectivity index (χ2v) is 6.78. The maximum Gasteiger partial charge on any atom is 0.231 e. The number of fused-ring (bicyclic) bond motifs is 6. The Balaban J connectivity index is 1.82. The molecular weight excluding hydrogens is 362 g/mol. The number of aliphatic imine (C=N–C) groups is 1. The van der Waals surface area contributed by atoms with Crippen LogP contribution in [0.15, 0.2) is 29.3 Å². The van der Waals surface area contributed by atoms with E-state index in [1.165, 1.54) is 7.11 Å². The number of carbonyl (C=O) groups excluding carboxylic acids is 1. The molecular formula is C21H19NO6. The van der Waals surface area contributed by atoms with Crippen molar-refractivity contribution in [1.82, 2.24) is 0 Å². The minimum absolute atomic E-state index is 0.165. The number of Topliss-reactive ketones (excluding diaryl/α,β-unsaturated/α-hetero) is 1. The Morgan fingerprint density at radius 3 is 2.57 bits per heavy atom. The van der Waals surface area contributed by atoms with Crippen LogP contribution in [0.5, 0.6) is 23.0 Å². The summed E-state index contributed by atoms with van der Waals surface area (Å²) in [4.78, 5) is 18.5. The smallest absolute Gasteiger partial charge is 0.231 e. The van der Waals surface area contributed by atoms with Crippen LogP contribution in [0.4, 0.5) is 0 Å². The van der Waals surface area contributed by atoms with Gasteiger partial charge in [-0.05, 0) is 36.2 Å². The molecule has 5 rings (SSSR count). The lowest BCUT2D eigenvalue weighted by atomic mass is 9.84. The number of rotatable bonds is 3. The highest BCUT2D eigenvalue weighted by molar-refractivity contribution is 6.35. The van der Waals surface area contributed by atoms with Gasteiger partial charge in [-0.3, -0.25) is 9.79 Å². The summed E-state index contributed by atoms with van der Waals surface area (Å²) in [6.45, 7) is 0.679. The van der Waals surface area contributed by atoms with E-state index in [1.54, 1.807) is 26.4 Å². The van der Waals surface area contributed by atoms with E-state index in [-0.39, 0.29) is 12.6 Å². The third-order valence-electron chi connectivity index (χ3n) is 5.62. The summed E-state index contributed by atoms with van der Waals surface area (Å²) in [5, 5.41) is 0. The predicted molar refractivity (Wildman–Crippen MR) is 100 cm³/mol. The van der Waals surface area contributed by atoms with Gasteiger partial charge in [0.15, 0.2) is 28.6 Å². The number of nitrogens with zero attached hydrogens (tertiary/aromatic N) is 1. The molecule has 0 aromatic heterocycles. The van der Waals surface area contributed by atoms with Gasteiger partial charge in [-0.15, -0.1) is 0 Å². The highest BCUT2D eigenvalue weighted by Crippen LogP contribution is 2.50. The van der Waals surface area contributed by atoms with Gasteiger partial charge in [0.1, 0.15) is 0 Å². The van der Waals surface area contributed by atoms with Crippen LogP contribution in [0.1, 0.15) is 27.0 Å². The SMILES string of the molecule is COc1ccc2c(c1OC)C1=NCCc3cc4c(cc3C1(OC)C2=O)OCO4. The van der Waals surface area contributed by atoms with Gasteiger partial charge in [-0.25, -0.2) is 0 Å². The van der Waals surface area contributed by atoms with Crippen molar-refractivity contribution in [1.29, 1.82) is 0 Å². The Morgan fingerprint density at radius 2 is 1.86 bits per heavy atom. The number of benzene rings is 2. The first-order chi connectivity index (χ1) is 13.7. The van der Waals surface area contributed by atoms with Crippen molar-refractivity contribution in [2.24, 2.45) is 4.99 Å². The average Bonchev–Trinajstić information content (AvgIpc) is 3.22. The van der Waals surface area contributed by atoms with Crippen LogP contribution in [-0.2, 0) is 16.8 Å². The summed E-state index contributed by atoms with van der Waals surface area (Å²) < 4.78 is 28.1. The Kier molecular flexibility index (Phi) is 3.64. The molecule has 0 amide bonds. The fraction of sp³-hybridized carbons (Fsp3) is 0.333. The molecule has 2 aliphatic heterocycles. The molecule has 3 aliphatic rings. The van der Waals surface area contributed by atoms with E-state index in [9.17, 15) is 4.79 Å². The molecule has 0 saturated heterocycles. The standard InChI is InChI=1S/C21H19NO6/c1-24-14-5-4-12-17(18(14)25-2)19-21(26-3,20(12)23)13-9-16-15(27-10-28-16)8-11(13)6-7-22-19/h4-5,8-9H,6-7,10H2,1-3H3. The molecule has 0 spiro atoms. The fourth-order valence-corrected chi connectivity index (χ4v) is 4.37. The quantitative estimate of drug-likeness (QED) is 0.813. The van der Waals surface area contributed by atoms with Gasteiger partial charge in [0.25, 0.3) is 0 Å². The number of hydrogen-bond donors (Lipinski definition) is 0. The van der Waals surface area contributed by atoms with E-state index in [0.717, 1.165) is 11.1 Å². The van der Waals surface area contributed by atoms with Crippen molar-refractivity contribution < 1.29 is 28.5 Å². The van der Waals surface area contributed by atoms with Gasteiger partial charge < -0.3 is 23.7 Å². The Bertz CT molecular complexity index is 1040. The van der Waals surface area contributed by atoms with E-state index < -0.39 is 5.60 Å². The van der Waals surface area contributed by atoms with Crippen molar-refractivity contribution in [3.63, 3.8) is 0 Å². The van der Waals surface area contributed by atoms with E-state index in [2.05, 4.69) is 0 Å². The van der Waals surface area contributed by atoms with Crippen LogP contribution in [0, 0.1) is 0 Å². The first kappa shape index (κ1) is 17.1. The maximum atomic E-state index is 13.7. The molecule has 0 bridgehead atoms. The van der Waals surface area contributed by atoms with Crippen molar-refractivity contribution in [2.75, 3.05) is 34.7 Å². The van der Waals surface area contributed by atoms with Gasteiger partial charge in [-0.2, -0.15) is 0 Å². The molecule has 28 heavy (non-hydrogen) atoms. The molecule has 0 radical (unpaired) electrons. The third kappa shape index (κ3) is 1.97. The number of ether oxygens (including phenoxy) is 5. The number of hydrogen-bond acceptors (Lipinski definition) is 7. The van der Waals surface area contributed by atoms with Gasteiger partial charge in [0.2, 0.25) is 12.6 Å². The molecule has 7 nitrogen and oxygen atoms in total.